The van der Waals surface area contributed by atoms with E-state index in [0.717, 1.165) is 5.56 Å². The van der Waals surface area contributed by atoms with Gasteiger partial charge in [0, 0.05) is 0 Å². The Kier molecular flexibility index (Phi) is 5.19. The second-order valence-electron chi connectivity index (χ2n) is 5.18. The summed E-state index contributed by atoms with van der Waals surface area (Å²) in [7, 11) is -2.94. The van der Waals surface area contributed by atoms with Crippen LogP contribution in [0.1, 0.15) is 17.2 Å². The Morgan fingerprint density at radius 3 is 2.00 bits per heavy atom. The molecule has 2 aromatic carbocycles. The smallest absolute Gasteiger partial charge is 0.408 e. The third kappa shape index (κ3) is 4.27. The minimum Gasteiger partial charge on any atom is -0.497 e. The van der Waals surface area contributed by atoms with E-state index in [-0.39, 0.29) is 10.5 Å². The number of hydrogen-bond donors (Lipinski definition) is 1. The largest absolute Gasteiger partial charge is 0.497 e. The molecule has 0 spiro atoms. The minimum atomic E-state index is -4.79. The molecule has 8 heteroatoms. The Balaban J connectivity index is 2.36. The number of sulfonamides is 1. The topological polar surface area (TPSA) is 55.4 Å². The summed E-state index contributed by atoms with van der Waals surface area (Å²) in [6.07, 6.45) is -4.79. The summed E-state index contributed by atoms with van der Waals surface area (Å²) in [5, 5.41) is 0. The standard InChI is InChI=1S/C16H16F3NO3S/c1-11-3-9-14(10-4-11)24(21,22)20-15(16(17,18)19)12-5-7-13(23-2)8-6-12/h3-10,15,20H,1-2H3. The molecule has 0 aliphatic rings. The van der Waals surface area contributed by atoms with E-state index in [1.165, 1.54) is 55.6 Å². The molecule has 0 radical (unpaired) electrons. The van der Waals surface area contributed by atoms with Crippen molar-refractivity contribution in [2.75, 3.05) is 7.11 Å². The third-order valence-corrected chi connectivity index (χ3v) is 4.82. The van der Waals surface area contributed by atoms with Gasteiger partial charge in [-0.15, -0.1) is 0 Å². The van der Waals surface area contributed by atoms with E-state index >= 15 is 0 Å². The zero-order valence-corrected chi connectivity index (χ0v) is 13.8. The van der Waals surface area contributed by atoms with E-state index in [9.17, 15) is 21.6 Å². The van der Waals surface area contributed by atoms with Crippen LogP contribution in [-0.4, -0.2) is 21.7 Å². The molecule has 0 saturated heterocycles. The number of halogens is 3. The fraction of sp³-hybridized carbons (Fsp3) is 0.250. The molecule has 130 valence electrons. The van der Waals surface area contributed by atoms with Gasteiger partial charge in [-0.1, -0.05) is 29.8 Å². The molecule has 0 aliphatic carbocycles. The van der Waals surface area contributed by atoms with Gasteiger partial charge in [0.1, 0.15) is 11.8 Å². The molecule has 0 heterocycles. The van der Waals surface area contributed by atoms with Crippen LogP contribution in [-0.2, 0) is 10.0 Å². The number of rotatable bonds is 5. The quantitative estimate of drug-likeness (QED) is 0.888. The highest BCUT2D eigenvalue weighted by molar-refractivity contribution is 7.89. The van der Waals surface area contributed by atoms with E-state index < -0.39 is 22.2 Å². The van der Waals surface area contributed by atoms with Crippen LogP contribution in [0.4, 0.5) is 13.2 Å². The molecular formula is C16H16F3NO3S. The van der Waals surface area contributed by atoms with E-state index in [1.807, 2.05) is 0 Å². The van der Waals surface area contributed by atoms with Crippen LogP contribution < -0.4 is 9.46 Å². The highest BCUT2D eigenvalue weighted by Crippen LogP contribution is 2.34. The molecule has 0 fully saturated rings. The van der Waals surface area contributed by atoms with Crippen LogP contribution >= 0.6 is 0 Å². The normalized spacial score (nSPS) is 13.5. The van der Waals surface area contributed by atoms with Crippen LogP contribution in [0, 0.1) is 6.92 Å². The number of ether oxygens (including phenoxy) is 1. The predicted octanol–water partition coefficient (Wildman–Crippen LogP) is 3.59. The lowest BCUT2D eigenvalue weighted by atomic mass is 10.1. The Bertz CT molecular complexity index is 785. The average molecular weight is 359 g/mol. The first-order valence-electron chi connectivity index (χ1n) is 6.93. The molecule has 1 atom stereocenters. The van der Waals surface area contributed by atoms with Gasteiger partial charge in [-0.25, -0.2) is 8.42 Å². The van der Waals surface area contributed by atoms with Crippen molar-refractivity contribution in [3.05, 3.63) is 59.7 Å². The molecule has 4 nitrogen and oxygen atoms in total. The van der Waals surface area contributed by atoms with Crippen LogP contribution in [0.25, 0.3) is 0 Å². The van der Waals surface area contributed by atoms with Crippen LogP contribution in [0.2, 0.25) is 0 Å². The van der Waals surface area contributed by atoms with Gasteiger partial charge >= 0.3 is 6.18 Å². The van der Waals surface area contributed by atoms with Crippen molar-refractivity contribution in [2.45, 2.75) is 24.0 Å². The summed E-state index contributed by atoms with van der Waals surface area (Å²) in [5.74, 6) is 0.376. The van der Waals surface area contributed by atoms with Gasteiger partial charge in [-0.2, -0.15) is 17.9 Å². The Labute approximate surface area is 138 Å². The molecule has 2 aromatic rings. The van der Waals surface area contributed by atoms with Crippen molar-refractivity contribution in [1.82, 2.24) is 4.72 Å². The van der Waals surface area contributed by atoms with Crippen LogP contribution in [0.15, 0.2) is 53.4 Å². The summed E-state index contributed by atoms with van der Waals surface area (Å²) < 4.78 is 71.2. The predicted molar refractivity (Wildman–Crippen MR) is 83.3 cm³/mol. The van der Waals surface area contributed by atoms with E-state index in [2.05, 4.69) is 0 Å². The molecular weight excluding hydrogens is 343 g/mol. The Morgan fingerprint density at radius 1 is 1.00 bits per heavy atom. The summed E-state index contributed by atoms with van der Waals surface area (Å²) in [6, 6.07) is 8.24. The zero-order valence-electron chi connectivity index (χ0n) is 13.0. The second-order valence-corrected chi connectivity index (χ2v) is 6.90. The number of nitrogens with one attached hydrogen (secondary N) is 1. The van der Waals surface area contributed by atoms with Gasteiger partial charge < -0.3 is 4.74 Å². The maximum atomic E-state index is 13.3. The highest BCUT2D eigenvalue weighted by Gasteiger charge is 2.43. The van der Waals surface area contributed by atoms with Gasteiger partial charge in [0.2, 0.25) is 10.0 Å². The Morgan fingerprint density at radius 2 is 1.54 bits per heavy atom. The molecule has 24 heavy (non-hydrogen) atoms. The SMILES string of the molecule is COc1ccc(C(NS(=O)(=O)c2ccc(C)cc2)C(F)(F)F)cc1. The second kappa shape index (κ2) is 6.82. The van der Waals surface area contributed by atoms with Gasteiger partial charge in [0.15, 0.2) is 0 Å². The fourth-order valence-electron chi connectivity index (χ4n) is 2.06. The number of methoxy groups -OCH3 is 1. The summed E-state index contributed by atoms with van der Waals surface area (Å²) in [6.45, 7) is 1.75. The van der Waals surface area contributed by atoms with Crippen molar-refractivity contribution in [3.8, 4) is 5.75 Å². The summed E-state index contributed by atoms with van der Waals surface area (Å²) >= 11 is 0. The molecule has 0 aliphatic heterocycles. The number of benzene rings is 2. The van der Waals surface area contributed by atoms with Crippen molar-refractivity contribution in [1.29, 1.82) is 0 Å². The minimum absolute atomic E-state index is 0.223. The molecule has 1 N–H and O–H groups in total. The summed E-state index contributed by atoms with van der Waals surface area (Å²) in [5.41, 5.74) is 0.579. The maximum absolute atomic E-state index is 13.3. The first-order valence-corrected chi connectivity index (χ1v) is 8.41. The first kappa shape index (κ1) is 18.3. The Hall–Kier alpha value is -2.06. The van der Waals surface area contributed by atoms with Crippen molar-refractivity contribution < 1.29 is 26.3 Å². The molecule has 0 bridgehead atoms. The molecule has 0 amide bonds. The van der Waals surface area contributed by atoms with Crippen molar-refractivity contribution in [2.24, 2.45) is 0 Å². The lowest BCUT2D eigenvalue weighted by Crippen LogP contribution is -2.38. The van der Waals surface area contributed by atoms with Crippen molar-refractivity contribution in [3.63, 3.8) is 0 Å². The number of hydrogen-bond acceptors (Lipinski definition) is 3. The van der Waals surface area contributed by atoms with Gasteiger partial charge in [-0.05, 0) is 36.8 Å². The third-order valence-electron chi connectivity index (χ3n) is 3.38. The maximum Gasteiger partial charge on any atom is 0.408 e. The number of alkyl halides is 3. The number of aryl methyl sites for hydroxylation is 1. The lowest BCUT2D eigenvalue weighted by molar-refractivity contribution is -0.153. The van der Waals surface area contributed by atoms with E-state index in [4.69, 9.17) is 4.74 Å². The fourth-order valence-corrected chi connectivity index (χ4v) is 3.27. The lowest BCUT2D eigenvalue weighted by Gasteiger charge is -2.22. The van der Waals surface area contributed by atoms with Crippen molar-refractivity contribution >= 4 is 10.0 Å². The van der Waals surface area contributed by atoms with Gasteiger partial charge in [0.05, 0.1) is 12.0 Å². The first-order chi connectivity index (χ1) is 11.1. The molecule has 1 unspecified atom stereocenters. The average Bonchev–Trinajstić information content (AvgIpc) is 2.52. The molecule has 2 rings (SSSR count). The molecule has 0 aromatic heterocycles. The highest BCUT2D eigenvalue weighted by atomic mass is 32.2. The zero-order chi connectivity index (χ0) is 18.0. The summed E-state index contributed by atoms with van der Waals surface area (Å²) in [4.78, 5) is -0.226. The monoisotopic (exact) mass is 359 g/mol. The van der Waals surface area contributed by atoms with E-state index in [0.29, 0.717) is 5.75 Å². The van der Waals surface area contributed by atoms with Crippen LogP contribution in [0.3, 0.4) is 0 Å². The molecule has 0 saturated carbocycles. The van der Waals surface area contributed by atoms with Crippen LogP contribution in [0.5, 0.6) is 5.75 Å². The van der Waals surface area contributed by atoms with E-state index in [1.54, 1.807) is 11.6 Å². The van der Waals surface area contributed by atoms with Gasteiger partial charge in [0.25, 0.3) is 0 Å². The van der Waals surface area contributed by atoms with Gasteiger partial charge in [-0.3, -0.25) is 0 Å².